The number of rotatable bonds is 11. The summed E-state index contributed by atoms with van der Waals surface area (Å²) in [6.45, 7) is 5.60. The van der Waals surface area contributed by atoms with Gasteiger partial charge >= 0.3 is 0 Å². The monoisotopic (exact) mass is 652 g/mol. The van der Waals surface area contributed by atoms with Gasteiger partial charge in [0.2, 0.25) is 5.91 Å². The summed E-state index contributed by atoms with van der Waals surface area (Å²) in [5.41, 5.74) is 3.76. The molecule has 11 heteroatoms. The molecule has 222 valence electrons. The fourth-order valence-electron chi connectivity index (χ4n) is 4.38. The first kappa shape index (κ1) is 32.5. The quantitative estimate of drug-likeness (QED) is 0.131. The number of hydrogen-bond donors (Lipinski definition) is 1. The molecule has 1 amide bonds. The van der Waals surface area contributed by atoms with Gasteiger partial charge in [0.05, 0.1) is 34.4 Å². The lowest BCUT2D eigenvalue weighted by Crippen LogP contribution is -2.52. The molecule has 0 fully saturated rings. The molecule has 4 aromatic rings. The second-order valence-corrected chi connectivity index (χ2v) is 12.0. The summed E-state index contributed by atoms with van der Waals surface area (Å²) >= 11 is 24.9. The Morgan fingerprint density at radius 1 is 1.07 bits per heavy atom. The summed E-state index contributed by atoms with van der Waals surface area (Å²) in [7, 11) is 0. The highest BCUT2D eigenvalue weighted by molar-refractivity contribution is 7.80. The summed E-state index contributed by atoms with van der Waals surface area (Å²) in [5, 5.41) is 17.4. The van der Waals surface area contributed by atoms with Crippen molar-refractivity contribution in [3.05, 3.63) is 117 Å². The van der Waals surface area contributed by atoms with E-state index in [1.807, 2.05) is 33.8 Å². The first-order valence-electron chi connectivity index (χ1n) is 13.7. The molecule has 43 heavy (non-hydrogen) atoms. The lowest BCUT2D eigenvalue weighted by Gasteiger charge is -2.36. The van der Waals surface area contributed by atoms with Gasteiger partial charge < -0.3 is 9.88 Å². The van der Waals surface area contributed by atoms with Crippen LogP contribution in [0.3, 0.4) is 0 Å². The van der Waals surface area contributed by atoms with E-state index in [2.05, 4.69) is 30.2 Å². The zero-order valence-electron chi connectivity index (χ0n) is 23.8. The summed E-state index contributed by atoms with van der Waals surface area (Å²) in [4.78, 5) is 18.5. The summed E-state index contributed by atoms with van der Waals surface area (Å²) in [6.07, 6.45) is 4.22. The topological polar surface area (TPSA) is 77.2 Å². The Morgan fingerprint density at radius 3 is 2.47 bits per heavy atom. The molecule has 0 saturated carbocycles. The molecule has 0 spiro atoms. The van der Waals surface area contributed by atoms with Crippen molar-refractivity contribution in [2.24, 2.45) is 5.92 Å². The molecule has 7 nitrogen and oxygen atoms in total. The van der Waals surface area contributed by atoms with Gasteiger partial charge in [-0.05, 0) is 78.1 Å². The third-order valence-corrected chi connectivity index (χ3v) is 8.11. The molecular weight excluding hydrogens is 623 g/mol. The molecule has 1 N–H and O–H groups in total. The van der Waals surface area contributed by atoms with Crippen LogP contribution < -0.4 is 5.32 Å². The van der Waals surface area contributed by atoms with Crippen molar-refractivity contribution < 1.29 is 4.79 Å². The Hall–Kier alpha value is -3.45. The van der Waals surface area contributed by atoms with Gasteiger partial charge in [0.1, 0.15) is 0 Å². The Balaban J connectivity index is 1.65. The van der Waals surface area contributed by atoms with Crippen LogP contribution >= 0.6 is 47.0 Å². The molecule has 0 aliphatic carbocycles. The minimum absolute atomic E-state index is 0.0418. The van der Waals surface area contributed by atoms with E-state index >= 15 is 0 Å². The lowest BCUT2D eigenvalue weighted by atomic mass is 10.1. The fraction of sp³-hybridized carbons (Fsp3) is 0.250. The largest absolute Gasteiger partial charge is 0.331 e. The minimum Gasteiger partial charge on any atom is -0.331 e. The van der Waals surface area contributed by atoms with Crippen molar-refractivity contribution >= 4 is 63.7 Å². The van der Waals surface area contributed by atoms with Crippen LogP contribution in [-0.4, -0.2) is 37.1 Å². The van der Waals surface area contributed by atoms with Crippen molar-refractivity contribution in [3.63, 3.8) is 0 Å². The maximum absolute atomic E-state index is 14.2. The summed E-state index contributed by atoms with van der Waals surface area (Å²) in [6, 6.07) is 22.0. The normalized spacial score (nSPS) is 11.0. The van der Waals surface area contributed by atoms with E-state index < -0.39 is 0 Å². The first-order chi connectivity index (χ1) is 20.6. The van der Waals surface area contributed by atoms with E-state index in [-0.39, 0.29) is 17.4 Å². The standard InChI is InChI=1S/C32H31Cl3N6OS/c1-22(2)14-15-40(20-25-4-3-5-29(34)31(25)35)41(32(43)38-27-12-10-26(33)11-13-27)30(42)16-28-18-37-21-39(28)19-24-8-6-23(17-36)7-9-24/h3-13,18,21-22H,14-16,19-20H2,1-2H3,(H,38,43). The number of hydrazine groups is 1. The molecule has 4 rings (SSSR count). The second-order valence-electron chi connectivity index (χ2n) is 10.4. The van der Waals surface area contributed by atoms with Crippen molar-refractivity contribution in [1.29, 1.82) is 5.26 Å². The van der Waals surface area contributed by atoms with E-state index in [1.165, 1.54) is 5.01 Å². The number of nitrogens with one attached hydrogen (secondary N) is 1. The smallest absolute Gasteiger partial charge is 0.249 e. The average Bonchev–Trinajstić information content (AvgIpc) is 3.41. The number of nitriles is 1. The molecule has 0 aliphatic heterocycles. The Kier molecular flexibility index (Phi) is 11.6. The van der Waals surface area contributed by atoms with Crippen LogP contribution in [0.5, 0.6) is 0 Å². The van der Waals surface area contributed by atoms with Crippen LogP contribution in [0.15, 0.2) is 79.3 Å². The maximum atomic E-state index is 14.2. The van der Waals surface area contributed by atoms with Crippen LogP contribution in [0.4, 0.5) is 5.69 Å². The number of benzene rings is 3. The fourth-order valence-corrected chi connectivity index (χ4v) is 5.22. The predicted molar refractivity (Wildman–Crippen MR) is 177 cm³/mol. The number of carbonyl (C=O) groups is 1. The highest BCUT2D eigenvalue weighted by Gasteiger charge is 2.28. The second kappa shape index (κ2) is 15.3. The molecular formula is C32H31Cl3N6OS. The molecule has 0 bridgehead atoms. The van der Waals surface area contributed by atoms with Crippen LogP contribution in [0.1, 0.15) is 42.7 Å². The number of thiocarbonyl (C=S) groups is 1. The van der Waals surface area contributed by atoms with Gasteiger partial charge in [-0.25, -0.2) is 15.0 Å². The van der Waals surface area contributed by atoms with Crippen molar-refractivity contribution in [1.82, 2.24) is 19.6 Å². The summed E-state index contributed by atoms with van der Waals surface area (Å²) in [5.74, 6) is 0.135. The van der Waals surface area contributed by atoms with Gasteiger partial charge in [0.25, 0.3) is 0 Å². The average molecular weight is 654 g/mol. The highest BCUT2D eigenvalue weighted by Crippen LogP contribution is 2.28. The molecule has 3 aromatic carbocycles. The van der Waals surface area contributed by atoms with Gasteiger partial charge in [-0.2, -0.15) is 5.26 Å². The van der Waals surface area contributed by atoms with E-state index in [4.69, 9.17) is 52.3 Å². The zero-order chi connectivity index (χ0) is 30.9. The SMILES string of the molecule is CC(C)CCN(Cc1cccc(Cl)c1Cl)N(C(=O)Cc1cncn1Cc1ccc(C#N)cc1)C(=S)Nc1ccc(Cl)cc1. The Labute approximate surface area is 272 Å². The van der Waals surface area contributed by atoms with Crippen LogP contribution in [0, 0.1) is 17.2 Å². The van der Waals surface area contributed by atoms with E-state index in [1.54, 1.807) is 55.0 Å². The van der Waals surface area contributed by atoms with Crippen LogP contribution in [0.2, 0.25) is 15.1 Å². The molecule has 0 atom stereocenters. The van der Waals surface area contributed by atoms with Crippen molar-refractivity contribution in [2.45, 2.75) is 39.8 Å². The summed E-state index contributed by atoms with van der Waals surface area (Å²) < 4.78 is 1.92. The number of anilines is 1. The molecule has 0 unspecified atom stereocenters. The minimum atomic E-state index is -0.241. The Bertz CT molecular complexity index is 1600. The van der Waals surface area contributed by atoms with Crippen LogP contribution in [0.25, 0.3) is 0 Å². The predicted octanol–water partition coefficient (Wildman–Crippen LogP) is 7.99. The number of hydrogen-bond acceptors (Lipinski definition) is 5. The van der Waals surface area contributed by atoms with E-state index in [0.29, 0.717) is 51.9 Å². The van der Waals surface area contributed by atoms with Gasteiger partial charge in [-0.1, -0.05) is 72.9 Å². The third kappa shape index (κ3) is 9.02. The number of aromatic nitrogens is 2. The number of imidazole rings is 1. The van der Waals surface area contributed by atoms with Crippen molar-refractivity contribution in [2.75, 3.05) is 11.9 Å². The van der Waals surface area contributed by atoms with Gasteiger partial charge in [-0.3, -0.25) is 4.79 Å². The third-order valence-electron chi connectivity index (χ3n) is 6.72. The first-order valence-corrected chi connectivity index (χ1v) is 15.2. The number of carbonyl (C=O) groups excluding carboxylic acids is 1. The van der Waals surface area contributed by atoms with E-state index in [9.17, 15) is 4.79 Å². The number of amides is 1. The molecule has 0 aliphatic rings. The number of halogens is 3. The highest BCUT2D eigenvalue weighted by atomic mass is 35.5. The Morgan fingerprint density at radius 2 is 1.79 bits per heavy atom. The van der Waals surface area contributed by atoms with E-state index in [0.717, 1.165) is 23.2 Å². The molecule has 1 aromatic heterocycles. The molecule has 0 radical (unpaired) electrons. The van der Waals surface area contributed by atoms with Gasteiger partial charge in [-0.15, -0.1) is 0 Å². The molecule has 1 heterocycles. The van der Waals surface area contributed by atoms with Gasteiger partial charge in [0, 0.05) is 42.2 Å². The zero-order valence-corrected chi connectivity index (χ0v) is 26.9. The lowest BCUT2D eigenvalue weighted by molar-refractivity contribution is -0.139. The molecule has 0 saturated heterocycles. The van der Waals surface area contributed by atoms with Crippen LogP contribution in [-0.2, 0) is 24.3 Å². The van der Waals surface area contributed by atoms with Crippen molar-refractivity contribution in [3.8, 4) is 6.07 Å². The number of nitrogens with zero attached hydrogens (tertiary/aromatic N) is 5. The maximum Gasteiger partial charge on any atom is 0.249 e. The van der Waals surface area contributed by atoms with Gasteiger partial charge in [0.15, 0.2) is 5.11 Å².